The van der Waals surface area contributed by atoms with Gasteiger partial charge in [0.1, 0.15) is 5.75 Å². The van der Waals surface area contributed by atoms with Gasteiger partial charge in [-0.15, -0.1) is 0 Å². The molecule has 1 aliphatic rings. The smallest absolute Gasteiger partial charge is 0.224 e. The minimum atomic E-state index is 0.0551. The standard InChI is InChI=1S/C24H29N3O2/c1-3-22-19(12-13-25-22)24(28)27-14-20(16-8-10-17(29-2)11-9-16)21-15-26-23-7-5-4-6-18(21)23/h4-11,15,19-20,22,25-26H,3,12-14H2,1-2H3,(H,27,28). The molecule has 1 fully saturated rings. The Morgan fingerprint density at radius 3 is 2.76 bits per heavy atom. The van der Waals surface area contributed by atoms with Gasteiger partial charge in [-0.25, -0.2) is 0 Å². The van der Waals surface area contributed by atoms with Gasteiger partial charge in [0.2, 0.25) is 5.91 Å². The second kappa shape index (κ2) is 8.70. The Kier molecular flexibility index (Phi) is 5.86. The van der Waals surface area contributed by atoms with Crippen LogP contribution in [0.15, 0.2) is 54.7 Å². The van der Waals surface area contributed by atoms with Crippen molar-refractivity contribution in [2.45, 2.75) is 31.7 Å². The van der Waals surface area contributed by atoms with Crippen LogP contribution in [-0.2, 0) is 4.79 Å². The number of hydrogen-bond acceptors (Lipinski definition) is 3. The summed E-state index contributed by atoms with van der Waals surface area (Å²) in [6, 6.07) is 16.7. The van der Waals surface area contributed by atoms with E-state index in [0.717, 1.165) is 36.2 Å². The van der Waals surface area contributed by atoms with Gasteiger partial charge in [-0.2, -0.15) is 0 Å². The van der Waals surface area contributed by atoms with Crippen LogP contribution in [-0.4, -0.2) is 37.1 Å². The van der Waals surface area contributed by atoms with Crippen molar-refractivity contribution in [2.24, 2.45) is 5.92 Å². The molecule has 2 aromatic carbocycles. The lowest BCUT2D eigenvalue weighted by Gasteiger charge is -2.22. The zero-order valence-electron chi connectivity index (χ0n) is 17.1. The first-order chi connectivity index (χ1) is 14.2. The molecule has 5 nitrogen and oxygen atoms in total. The van der Waals surface area contributed by atoms with Crippen molar-refractivity contribution in [3.63, 3.8) is 0 Å². The molecule has 1 amide bonds. The number of amides is 1. The first-order valence-electron chi connectivity index (χ1n) is 10.4. The van der Waals surface area contributed by atoms with Crippen LogP contribution in [0.1, 0.15) is 36.8 Å². The number of carbonyl (C=O) groups is 1. The van der Waals surface area contributed by atoms with Gasteiger partial charge in [0.15, 0.2) is 0 Å². The van der Waals surface area contributed by atoms with Gasteiger partial charge in [-0.1, -0.05) is 37.3 Å². The number of carbonyl (C=O) groups excluding carboxylic acids is 1. The molecule has 1 aromatic heterocycles. The summed E-state index contributed by atoms with van der Waals surface area (Å²) in [6.45, 7) is 3.62. The highest BCUT2D eigenvalue weighted by Gasteiger charge is 2.31. The van der Waals surface area contributed by atoms with Crippen molar-refractivity contribution in [3.8, 4) is 5.75 Å². The lowest BCUT2D eigenvalue weighted by molar-refractivity contribution is -0.125. The molecule has 3 aromatic rings. The molecule has 0 saturated carbocycles. The Morgan fingerprint density at radius 1 is 1.21 bits per heavy atom. The van der Waals surface area contributed by atoms with Crippen molar-refractivity contribution in [1.82, 2.24) is 15.6 Å². The minimum absolute atomic E-state index is 0.0551. The molecule has 2 heterocycles. The van der Waals surface area contributed by atoms with Crippen molar-refractivity contribution < 1.29 is 9.53 Å². The molecule has 0 aliphatic carbocycles. The molecule has 3 unspecified atom stereocenters. The van der Waals surface area contributed by atoms with E-state index in [9.17, 15) is 4.79 Å². The van der Waals surface area contributed by atoms with Crippen molar-refractivity contribution >= 4 is 16.8 Å². The molecule has 0 bridgehead atoms. The minimum Gasteiger partial charge on any atom is -0.497 e. The number of nitrogens with one attached hydrogen (secondary N) is 3. The Morgan fingerprint density at radius 2 is 2.00 bits per heavy atom. The predicted octanol–water partition coefficient (Wildman–Crippen LogP) is 3.81. The van der Waals surface area contributed by atoms with Crippen molar-refractivity contribution in [2.75, 3.05) is 20.2 Å². The number of para-hydroxylation sites is 1. The van der Waals surface area contributed by atoms with Gasteiger partial charge < -0.3 is 20.4 Å². The maximum Gasteiger partial charge on any atom is 0.224 e. The Balaban J connectivity index is 1.60. The van der Waals surface area contributed by atoms with E-state index >= 15 is 0 Å². The van der Waals surface area contributed by atoms with Gasteiger partial charge in [0.25, 0.3) is 0 Å². The molecule has 1 saturated heterocycles. The number of H-pyrrole nitrogens is 1. The Bertz CT molecular complexity index is 964. The number of aromatic nitrogens is 1. The van der Waals surface area contributed by atoms with Crippen LogP contribution in [0.2, 0.25) is 0 Å². The summed E-state index contributed by atoms with van der Waals surface area (Å²) in [6.07, 6.45) is 3.95. The molecule has 152 valence electrons. The second-order valence-electron chi connectivity index (χ2n) is 7.72. The summed E-state index contributed by atoms with van der Waals surface area (Å²) in [4.78, 5) is 16.3. The van der Waals surface area contributed by atoms with Crippen LogP contribution in [0, 0.1) is 5.92 Å². The topological polar surface area (TPSA) is 66.2 Å². The molecule has 3 atom stereocenters. The molecule has 5 heteroatoms. The largest absolute Gasteiger partial charge is 0.497 e. The maximum absolute atomic E-state index is 12.9. The van der Waals surface area contributed by atoms with E-state index in [2.05, 4.69) is 59.1 Å². The normalized spacial score (nSPS) is 19.9. The van der Waals surface area contributed by atoms with Crippen LogP contribution in [0.4, 0.5) is 0 Å². The molecule has 0 spiro atoms. The molecular weight excluding hydrogens is 362 g/mol. The average molecular weight is 392 g/mol. The van der Waals surface area contributed by atoms with E-state index < -0.39 is 0 Å². The third-order valence-electron chi connectivity index (χ3n) is 6.12. The number of hydrogen-bond donors (Lipinski definition) is 3. The molecule has 4 rings (SSSR count). The Hall–Kier alpha value is -2.79. The van der Waals surface area contributed by atoms with Crippen LogP contribution in [0.3, 0.4) is 0 Å². The van der Waals surface area contributed by atoms with Gasteiger partial charge in [0, 0.05) is 35.6 Å². The monoisotopic (exact) mass is 391 g/mol. The summed E-state index contributed by atoms with van der Waals surface area (Å²) in [5.74, 6) is 1.11. The van der Waals surface area contributed by atoms with E-state index in [1.165, 1.54) is 10.9 Å². The fourth-order valence-electron chi connectivity index (χ4n) is 4.47. The SMILES string of the molecule is CCC1NCCC1C(=O)NCC(c1ccc(OC)cc1)c1c[nH]c2ccccc12. The van der Waals surface area contributed by atoms with Crippen LogP contribution >= 0.6 is 0 Å². The summed E-state index contributed by atoms with van der Waals surface area (Å²) in [5.41, 5.74) is 3.47. The van der Waals surface area contributed by atoms with E-state index in [4.69, 9.17) is 4.74 Å². The van der Waals surface area contributed by atoms with E-state index in [-0.39, 0.29) is 23.8 Å². The fourth-order valence-corrected chi connectivity index (χ4v) is 4.47. The molecule has 0 radical (unpaired) electrons. The number of benzene rings is 2. The van der Waals surface area contributed by atoms with Gasteiger partial charge in [0.05, 0.1) is 13.0 Å². The number of ether oxygens (including phenoxy) is 1. The number of methoxy groups -OCH3 is 1. The third kappa shape index (κ3) is 4.01. The summed E-state index contributed by atoms with van der Waals surface area (Å²) < 4.78 is 5.32. The molecule has 3 N–H and O–H groups in total. The molecule has 1 aliphatic heterocycles. The summed E-state index contributed by atoms with van der Waals surface area (Å²) in [7, 11) is 1.67. The zero-order chi connectivity index (χ0) is 20.2. The van der Waals surface area contributed by atoms with E-state index in [1.807, 2.05) is 18.2 Å². The average Bonchev–Trinajstić information content (AvgIpc) is 3.41. The van der Waals surface area contributed by atoms with Gasteiger partial charge in [-0.3, -0.25) is 4.79 Å². The molecular formula is C24H29N3O2. The maximum atomic E-state index is 12.9. The summed E-state index contributed by atoms with van der Waals surface area (Å²) >= 11 is 0. The van der Waals surface area contributed by atoms with Crippen molar-refractivity contribution in [3.05, 3.63) is 65.9 Å². The quantitative estimate of drug-likeness (QED) is 0.574. The number of aromatic amines is 1. The van der Waals surface area contributed by atoms with Gasteiger partial charge >= 0.3 is 0 Å². The first kappa shape index (κ1) is 19.5. The first-order valence-corrected chi connectivity index (χ1v) is 10.4. The van der Waals surface area contributed by atoms with Crippen LogP contribution < -0.4 is 15.4 Å². The van der Waals surface area contributed by atoms with E-state index in [0.29, 0.717) is 6.54 Å². The highest BCUT2D eigenvalue weighted by atomic mass is 16.5. The zero-order valence-corrected chi connectivity index (χ0v) is 17.1. The van der Waals surface area contributed by atoms with Crippen molar-refractivity contribution in [1.29, 1.82) is 0 Å². The summed E-state index contributed by atoms with van der Waals surface area (Å²) in [5, 5.41) is 7.88. The second-order valence-corrected chi connectivity index (χ2v) is 7.72. The van der Waals surface area contributed by atoms with Crippen LogP contribution in [0.5, 0.6) is 5.75 Å². The Labute approximate surface area is 171 Å². The van der Waals surface area contributed by atoms with Gasteiger partial charge in [-0.05, 0) is 48.7 Å². The number of fused-ring (bicyclic) bond motifs is 1. The lowest BCUT2D eigenvalue weighted by atomic mass is 9.90. The lowest BCUT2D eigenvalue weighted by Crippen LogP contribution is -2.39. The molecule has 29 heavy (non-hydrogen) atoms. The fraction of sp³-hybridized carbons (Fsp3) is 0.375. The highest BCUT2D eigenvalue weighted by Crippen LogP contribution is 2.31. The van der Waals surface area contributed by atoms with Crippen LogP contribution in [0.25, 0.3) is 10.9 Å². The predicted molar refractivity (Wildman–Crippen MR) is 116 cm³/mol. The number of rotatable bonds is 7. The van der Waals surface area contributed by atoms with E-state index in [1.54, 1.807) is 7.11 Å². The highest BCUT2D eigenvalue weighted by molar-refractivity contribution is 5.84. The third-order valence-corrected chi connectivity index (χ3v) is 6.12.